The molecular formula is C28H34FN5O2. The Bertz CT molecular complexity index is 1160. The van der Waals surface area contributed by atoms with Crippen LogP contribution >= 0.6 is 0 Å². The Morgan fingerprint density at radius 1 is 1.08 bits per heavy atom. The molecule has 1 saturated heterocycles. The maximum Gasteiger partial charge on any atom is 0.319 e. The summed E-state index contributed by atoms with van der Waals surface area (Å²) in [6.07, 6.45) is 1.71. The van der Waals surface area contributed by atoms with Gasteiger partial charge in [-0.2, -0.15) is 0 Å². The summed E-state index contributed by atoms with van der Waals surface area (Å²) in [5.74, 6) is 0.982. The van der Waals surface area contributed by atoms with Gasteiger partial charge < -0.3 is 20.1 Å². The fourth-order valence-corrected chi connectivity index (χ4v) is 5.27. The van der Waals surface area contributed by atoms with Gasteiger partial charge in [-0.05, 0) is 60.6 Å². The van der Waals surface area contributed by atoms with Crippen molar-refractivity contribution >= 4 is 17.4 Å². The first-order valence-corrected chi connectivity index (χ1v) is 12.7. The number of piperazine rings is 1. The minimum atomic E-state index is -0.328. The predicted molar refractivity (Wildman–Crippen MR) is 138 cm³/mol. The zero-order chi connectivity index (χ0) is 25.1. The van der Waals surface area contributed by atoms with Crippen LogP contribution in [-0.4, -0.2) is 48.3 Å². The van der Waals surface area contributed by atoms with Gasteiger partial charge in [0.1, 0.15) is 5.82 Å². The smallest absolute Gasteiger partial charge is 0.319 e. The number of halogens is 1. The van der Waals surface area contributed by atoms with Gasteiger partial charge in [0.05, 0.1) is 12.2 Å². The van der Waals surface area contributed by atoms with Crippen LogP contribution in [0.5, 0.6) is 0 Å². The molecule has 0 bridgehead atoms. The van der Waals surface area contributed by atoms with Crippen LogP contribution in [0.2, 0.25) is 0 Å². The molecule has 36 heavy (non-hydrogen) atoms. The van der Waals surface area contributed by atoms with Crippen molar-refractivity contribution in [2.75, 3.05) is 36.4 Å². The summed E-state index contributed by atoms with van der Waals surface area (Å²) in [4.78, 5) is 17.2. The third-order valence-electron chi connectivity index (χ3n) is 7.81. The van der Waals surface area contributed by atoms with E-state index in [-0.39, 0.29) is 23.3 Å². The Hall–Kier alpha value is -3.39. The number of amides is 2. The lowest BCUT2D eigenvalue weighted by atomic mass is 9.57. The van der Waals surface area contributed by atoms with Crippen molar-refractivity contribution in [3.05, 3.63) is 77.9 Å². The van der Waals surface area contributed by atoms with E-state index < -0.39 is 0 Å². The molecule has 5 rings (SSSR count). The lowest BCUT2D eigenvalue weighted by Crippen LogP contribution is -2.59. The highest BCUT2D eigenvalue weighted by atomic mass is 19.1. The SMILES string of the molecule is CC1(C)C(Cc2cc(CN3CCN(c4ccccc4)CC3)on2)CC1NC(=O)Nc1ccc(F)cc1. The number of benzene rings is 2. The maximum absolute atomic E-state index is 13.1. The Kier molecular flexibility index (Phi) is 6.96. The second-order valence-corrected chi connectivity index (χ2v) is 10.5. The molecule has 1 aliphatic carbocycles. The van der Waals surface area contributed by atoms with E-state index in [9.17, 15) is 9.18 Å². The average Bonchev–Trinajstić information content (AvgIpc) is 3.32. The Morgan fingerprint density at radius 3 is 2.50 bits per heavy atom. The molecule has 1 aliphatic heterocycles. The molecule has 8 heteroatoms. The number of nitrogens with one attached hydrogen (secondary N) is 2. The van der Waals surface area contributed by atoms with Crippen LogP contribution in [0.15, 0.2) is 65.2 Å². The Labute approximate surface area is 211 Å². The molecule has 190 valence electrons. The van der Waals surface area contributed by atoms with Crippen molar-refractivity contribution in [3.63, 3.8) is 0 Å². The van der Waals surface area contributed by atoms with E-state index in [1.807, 2.05) is 0 Å². The Morgan fingerprint density at radius 2 is 1.81 bits per heavy atom. The quantitative estimate of drug-likeness (QED) is 0.491. The third-order valence-corrected chi connectivity index (χ3v) is 7.81. The van der Waals surface area contributed by atoms with Crippen molar-refractivity contribution in [1.82, 2.24) is 15.4 Å². The lowest BCUT2D eigenvalue weighted by Gasteiger charge is -2.52. The van der Waals surface area contributed by atoms with E-state index in [2.05, 4.69) is 75.8 Å². The van der Waals surface area contributed by atoms with E-state index in [4.69, 9.17) is 4.52 Å². The number of anilines is 2. The highest BCUT2D eigenvalue weighted by Crippen LogP contribution is 2.47. The van der Waals surface area contributed by atoms with E-state index in [0.717, 1.165) is 57.0 Å². The standard InChI is InChI=1S/C28H34FN5O2/c1-28(2)20(17-26(28)31-27(35)30-22-10-8-21(29)9-11-22)16-23-18-25(36-32-23)19-33-12-14-34(15-13-33)24-6-4-3-5-7-24/h3-11,18,20,26H,12-17,19H2,1-2H3,(H2,30,31,35). The molecule has 2 atom stereocenters. The molecule has 2 heterocycles. The number of aromatic nitrogens is 1. The number of hydrogen-bond acceptors (Lipinski definition) is 5. The molecule has 3 aromatic rings. The predicted octanol–water partition coefficient (Wildman–Crippen LogP) is 4.91. The summed E-state index contributed by atoms with van der Waals surface area (Å²) >= 11 is 0. The van der Waals surface area contributed by atoms with Crippen molar-refractivity contribution < 1.29 is 13.7 Å². The molecule has 2 unspecified atom stereocenters. The number of rotatable bonds is 7. The van der Waals surface area contributed by atoms with Crippen molar-refractivity contribution in [1.29, 1.82) is 0 Å². The van der Waals surface area contributed by atoms with Crippen LogP contribution in [0.3, 0.4) is 0 Å². The van der Waals surface area contributed by atoms with Crippen LogP contribution in [0, 0.1) is 17.2 Å². The van der Waals surface area contributed by atoms with Gasteiger partial charge in [0.2, 0.25) is 0 Å². The maximum atomic E-state index is 13.1. The van der Waals surface area contributed by atoms with Gasteiger partial charge in [-0.3, -0.25) is 4.90 Å². The summed E-state index contributed by atoms with van der Waals surface area (Å²) in [5.41, 5.74) is 2.76. The van der Waals surface area contributed by atoms with Gasteiger partial charge in [-0.1, -0.05) is 37.2 Å². The van der Waals surface area contributed by atoms with Gasteiger partial charge in [-0.25, -0.2) is 9.18 Å². The van der Waals surface area contributed by atoms with Gasteiger partial charge in [0.15, 0.2) is 5.76 Å². The van der Waals surface area contributed by atoms with Gasteiger partial charge in [-0.15, -0.1) is 0 Å². The molecule has 0 radical (unpaired) electrons. The first kappa shape index (κ1) is 24.3. The highest BCUT2D eigenvalue weighted by molar-refractivity contribution is 5.89. The third kappa shape index (κ3) is 5.54. The summed E-state index contributed by atoms with van der Waals surface area (Å²) in [6, 6.07) is 18.2. The molecule has 2 aliphatic rings. The number of carbonyl (C=O) groups excluding carboxylic acids is 1. The molecule has 2 aromatic carbocycles. The van der Waals surface area contributed by atoms with Crippen LogP contribution in [-0.2, 0) is 13.0 Å². The van der Waals surface area contributed by atoms with E-state index in [1.54, 1.807) is 12.1 Å². The Balaban J connectivity index is 1.07. The summed E-state index contributed by atoms with van der Waals surface area (Å²) in [6.45, 7) is 9.13. The highest BCUT2D eigenvalue weighted by Gasteiger charge is 2.48. The van der Waals surface area contributed by atoms with E-state index in [1.165, 1.54) is 17.8 Å². The summed E-state index contributed by atoms with van der Waals surface area (Å²) < 4.78 is 18.7. The van der Waals surface area contributed by atoms with Crippen molar-refractivity contribution in [2.24, 2.45) is 11.3 Å². The molecular weight excluding hydrogens is 457 g/mol. The normalized spacial score (nSPS) is 21.6. The fraction of sp³-hybridized carbons (Fsp3) is 0.429. The summed E-state index contributed by atoms with van der Waals surface area (Å²) in [5, 5.41) is 10.2. The van der Waals surface area contributed by atoms with Gasteiger partial charge in [0.25, 0.3) is 0 Å². The molecule has 0 spiro atoms. The number of hydrogen-bond donors (Lipinski definition) is 2. The largest absolute Gasteiger partial charge is 0.369 e. The van der Waals surface area contributed by atoms with Gasteiger partial charge >= 0.3 is 6.03 Å². The molecule has 7 nitrogen and oxygen atoms in total. The van der Waals surface area contributed by atoms with Crippen LogP contribution < -0.4 is 15.5 Å². The molecule has 1 aromatic heterocycles. The molecule has 2 amide bonds. The van der Waals surface area contributed by atoms with Crippen LogP contribution in [0.4, 0.5) is 20.6 Å². The summed E-state index contributed by atoms with van der Waals surface area (Å²) in [7, 11) is 0. The minimum Gasteiger partial charge on any atom is -0.369 e. The minimum absolute atomic E-state index is 0.0625. The molecule has 2 fully saturated rings. The number of nitrogens with zero attached hydrogens (tertiary/aromatic N) is 3. The lowest BCUT2D eigenvalue weighted by molar-refractivity contribution is 0.0211. The zero-order valence-electron chi connectivity index (χ0n) is 20.9. The van der Waals surface area contributed by atoms with Crippen molar-refractivity contribution in [2.45, 2.75) is 39.3 Å². The number of carbonyl (C=O) groups is 1. The monoisotopic (exact) mass is 491 g/mol. The first-order chi connectivity index (χ1) is 17.4. The van der Waals surface area contributed by atoms with Gasteiger partial charge in [0, 0.05) is 49.7 Å². The van der Waals surface area contributed by atoms with Crippen LogP contribution in [0.25, 0.3) is 0 Å². The topological polar surface area (TPSA) is 73.6 Å². The average molecular weight is 492 g/mol. The number of para-hydroxylation sites is 1. The van der Waals surface area contributed by atoms with E-state index in [0.29, 0.717) is 11.6 Å². The second-order valence-electron chi connectivity index (χ2n) is 10.5. The van der Waals surface area contributed by atoms with E-state index >= 15 is 0 Å². The van der Waals surface area contributed by atoms with Crippen molar-refractivity contribution in [3.8, 4) is 0 Å². The second kappa shape index (κ2) is 10.3. The molecule has 1 saturated carbocycles. The van der Waals surface area contributed by atoms with Crippen LogP contribution in [0.1, 0.15) is 31.7 Å². The first-order valence-electron chi connectivity index (χ1n) is 12.7. The molecule has 2 N–H and O–H groups in total. The fourth-order valence-electron chi connectivity index (χ4n) is 5.27. The zero-order valence-corrected chi connectivity index (χ0v) is 20.9. The number of urea groups is 1.